The summed E-state index contributed by atoms with van der Waals surface area (Å²) in [6.07, 6.45) is 4.17. The highest BCUT2D eigenvalue weighted by molar-refractivity contribution is 5.82. The maximum absolute atomic E-state index is 11.3. The fourth-order valence-corrected chi connectivity index (χ4v) is 1.84. The molecule has 1 rings (SSSR count). The second-order valence-electron chi connectivity index (χ2n) is 4.82. The van der Waals surface area contributed by atoms with Crippen LogP contribution in [-0.4, -0.2) is 5.78 Å². The molecule has 1 aliphatic carbocycles. The summed E-state index contributed by atoms with van der Waals surface area (Å²) in [6.45, 7) is 6.62. The zero-order chi connectivity index (χ0) is 8.48. The van der Waals surface area contributed by atoms with Crippen LogP contribution >= 0.6 is 0 Å². The lowest BCUT2D eigenvalue weighted by Gasteiger charge is -2.21. The average molecular weight is 154 g/mol. The minimum atomic E-state index is 0.324. The van der Waals surface area contributed by atoms with Crippen LogP contribution in [0.2, 0.25) is 0 Å². The highest BCUT2D eigenvalue weighted by Crippen LogP contribution is 2.32. The van der Waals surface area contributed by atoms with Gasteiger partial charge in [0.25, 0.3) is 0 Å². The lowest BCUT2D eigenvalue weighted by atomic mass is 9.84. The molecule has 0 saturated heterocycles. The predicted octanol–water partition coefficient (Wildman–Crippen LogP) is 2.79. The van der Waals surface area contributed by atoms with Gasteiger partial charge in [-0.25, -0.2) is 0 Å². The maximum atomic E-state index is 11.3. The van der Waals surface area contributed by atoms with Gasteiger partial charge in [-0.1, -0.05) is 20.8 Å². The van der Waals surface area contributed by atoms with Gasteiger partial charge in [-0.15, -0.1) is 0 Å². The molecule has 1 atom stereocenters. The van der Waals surface area contributed by atoms with Crippen molar-refractivity contribution in [3.63, 3.8) is 0 Å². The Balaban J connectivity index is 2.43. The molecule has 1 nitrogen and oxygen atoms in total. The van der Waals surface area contributed by atoms with Gasteiger partial charge in [0.2, 0.25) is 0 Å². The highest BCUT2D eigenvalue weighted by Gasteiger charge is 2.28. The van der Waals surface area contributed by atoms with Crippen molar-refractivity contribution >= 4 is 5.78 Å². The molecule has 0 aromatic carbocycles. The van der Waals surface area contributed by atoms with Gasteiger partial charge in [-0.05, 0) is 24.7 Å². The average Bonchev–Trinajstić information content (AvgIpc) is 2.12. The van der Waals surface area contributed by atoms with Gasteiger partial charge in [0.15, 0.2) is 0 Å². The summed E-state index contributed by atoms with van der Waals surface area (Å²) in [5.74, 6) is 0.884. The molecule has 0 heterocycles. The normalized spacial score (nSPS) is 26.1. The van der Waals surface area contributed by atoms with E-state index in [1.807, 2.05) is 0 Å². The SMILES string of the molecule is CC(C)(C)CC1CCCC1=O. The Morgan fingerprint density at radius 3 is 2.45 bits per heavy atom. The Morgan fingerprint density at radius 1 is 1.45 bits per heavy atom. The minimum Gasteiger partial charge on any atom is -0.299 e. The zero-order valence-corrected chi connectivity index (χ0v) is 7.81. The number of rotatable bonds is 1. The maximum Gasteiger partial charge on any atom is 0.135 e. The van der Waals surface area contributed by atoms with Gasteiger partial charge < -0.3 is 0 Å². The molecular formula is C10H18O. The van der Waals surface area contributed by atoms with Gasteiger partial charge in [0.05, 0.1) is 0 Å². The molecule has 0 bridgehead atoms. The zero-order valence-electron chi connectivity index (χ0n) is 7.81. The third-order valence-electron chi connectivity index (χ3n) is 2.29. The van der Waals surface area contributed by atoms with Crippen molar-refractivity contribution < 1.29 is 4.79 Å². The molecule has 1 saturated carbocycles. The van der Waals surface area contributed by atoms with Crippen LogP contribution in [0.25, 0.3) is 0 Å². The third kappa shape index (κ3) is 2.64. The Kier molecular flexibility index (Phi) is 2.36. The standard InChI is InChI=1S/C10H18O/c1-10(2,3)7-8-5-4-6-9(8)11/h8H,4-7H2,1-3H3. The molecule has 0 aliphatic heterocycles. The fourth-order valence-electron chi connectivity index (χ4n) is 1.84. The largest absolute Gasteiger partial charge is 0.299 e. The summed E-state index contributed by atoms with van der Waals surface area (Å²) in [5, 5.41) is 0. The van der Waals surface area contributed by atoms with Gasteiger partial charge in [-0.2, -0.15) is 0 Å². The molecule has 0 aromatic rings. The van der Waals surface area contributed by atoms with Gasteiger partial charge >= 0.3 is 0 Å². The molecule has 0 N–H and O–H groups in total. The van der Waals surface area contributed by atoms with Crippen molar-refractivity contribution in [1.29, 1.82) is 0 Å². The molecule has 1 unspecified atom stereocenters. The van der Waals surface area contributed by atoms with E-state index >= 15 is 0 Å². The number of Topliss-reactive ketones (excluding diaryl/α,β-unsaturated/α-hetero) is 1. The van der Waals surface area contributed by atoms with E-state index in [1.165, 1.54) is 0 Å². The van der Waals surface area contributed by atoms with Crippen LogP contribution in [0.1, 0.15) is 46.5 Å². The first-order valence-electron chi connectivity index (χ1n) is 4.52. The minimum absolute atomic E-state index is 0.324. The van der Waals surface area contributed by atoms with E-state index in [0.29, 0.717) is 17.1 Å². The van der Waals surface area contributed by atoms with Crippen molar-refractivity contribution in [3.05, 3.63) is 0 Å². The summed E-state index contributed by atoms with van der Waals surface area (Å²) >= 11 is 0. The van der Waals surface area contributed by atoms with Crippen LogP contribution in [0.4, 0.5) is 0 Å². The van der Waals surface area contributed by atoms with Crippen LogP contribution in [0.3, 0.4) is 0 Å². The number of carbonyl (C=O) groups is 1. The predicted molar refractivity (Wildman–Crippen MR) is 46.4 cm³/mol. The number of ketones is 1. The molecule has 1 fully saturated rings. The molecule has 1 aliphatic rings. The van der Waals surface area contributed by atoms with Crippen LogP contribution in [0.15, 0.2) is 0 Å². The number of hydrogen-bond donors (Lipinski definition) is 0. The molecule has 0 aromatic heterocycles. The van der Waals surface area contributed by atoms with Crippen molar-refractivity contribution in [3.8, 4) is 0 Å². The summed E-state index contributed by atoms with van der Waals surface area (Å²) in [6, 6.07) is 0. The monoisotopic (exact) mass is 154 g/mol. The van der Waals surface area contributed by atoms with Crippen molar-refractivity contribution in [2.45, 2.75) is 46.5 Å². The molecule has 64 valence electrons. The summed E-state index contributed by atoms with van der Waals surface area (Å²) in [5.41, 5.74) is 0.324. The summed E-state index contributed by atoms with van der Waals surface area (Å²) < 4.78 is 0. The second kappa shape index (κ2) is 2.96. The van der Waals surface area contributed by atoms with Gasteiger partial charge in [-0.3, -0.25) is 4.79 Å². The van der Waals surface area contributed by atoms with E-state index in [1.54, 1.807) is 0 Å². The van der Waals surface area contributed by atoms with Crippen molar-refractivity contribution in [2.24, 2.45) is 11.3 Å². The summed E-state index contributed by atoms with van der Waals surface area (Å²) in [4.78, 5) is 11.3. The lowest BCUT2D eigenvalue weighted by Crippen LogP contribution is -2.16. The van der Waals surface area contributed by atoms with E-state index in [0.717, 1.165) is 25.7 Å². The summed E-state index contributed by atoms with van der Waals surface area (Å²) in [7, 11) is 0. The second-order valence-corrected chi connectivity index (χ2v) is 4.82. The highest BCUT2D eigenvalue weighted by atomic mass is 16.1. The van der Waals surface area contributed by atoms with Crippen LogP contribution < -0.4 is 0 Å². The molecule has 11 heavy (non-hydrogen) atoms. The first kappa shape index (κ1) is 8.76. The Hall–Kier alpha value is -0.330. The molecule has 0 spiro atoms. The fraction of sp³-hybridized carbons (Fsp3) is 0.900. The Bertz CT molecular complexity index is 153. The van der Waals surface area contributed by atoms with Gasteiger partial charge in [0.1, 0.15) is 5.78 Å². The van der Waals surface area contributed by atoms with Crippen LogP contribution in [0.5, 0.6) is 0 Å². The van der Waals surface area contributed by atoms with E-state index < -0.39 is 0 Å². The first-order valence-corrected chi connectivity index (χ1v) is 4.52. The first-order chi connectivity index (χ1) is 4.99. The van der Waals surface area contributed by atoms with Crippen LogP contribution in [-0.2, 0) is 4.79 Å². The van der Waals surface area contributed by atoms with E-state index in [-0.39, 0.29) is 0 Å². The molecular weight excluding hydrogens is 136 g/mol. The number of carbonyl (C=O) groups excluding carboxylic acids is 1. The van der Waals surface area contributed by atoms with Crippen LogP contribution in [0, 0.1) is 11.3 Å². The Morgan fingerprint density at radius 2 is 2.09 bits per heavy atom. The van der Waals surface area contributed by atoms with E-state index in [9.17, 15) is 4.79 Å². The van der Waals surface area contributed by atoms with E-state index in [4.69, 9.17) is 0 Å². The van der Waals surface area contributed by atoms with Crippen molar-refractivity contribution in [2.75, 3.05) is 0 Å². The van der Waals surface area contributed by atoms with Gasteiger partial charge in [0, 0.05) is 12.3 Å². The third-order valence-corrected chi connectivity index (χ3v) is 2.29. The molecule has 1 heteroatoms. The Labute approximate surface area is 69.2 Å². The quantitative estimate of drug-likeness (QED) is 0.567. The molecule has 0 radical (unpaired) electrons. The molecule has 0 amide bonds. The topological polar surface area (TPSA) is 17.1 Å². The van der Waals surface area contributed by atoms with Crippen molar-refractivity contribution in [1.82, 2.24) is 0 Å². The number of hydrogen-bond acceptors (Lipinski definition) is 1. The van der Waals surface area contributed by atoms with E-state index in [2.05, 4.69) is 20.8 Å². The smallest absolute Gasteiger partial charge is 0.135 e. The lowest BCUT2D eigenvalue weighted by molar-refractivity contribution is -0.121.